The minimum absolute atomic E-state index is 0.0743. The Labute approximate surface area is 180 Å². The molecule has 0 saturated carbocycles. The van der Waals surface area contributed by atoms with Crippen LogP contribution in [0.4, 0.5) is 14.5 Å². The van der Waals surface area contributed by atoms with Crippen LogP contribution in [0.3, 0.4) is 0 Å². The molecule has 2 aliphatic rings. The van der Waals surface area contributed by atoms with E-state index < -0.39 is 21.7 Å². The van der Waals surface area contributed by atoms with Crippen LogP contribution >= 0.6 is 0 Å². The summed E-state index contributed by atoms with van der Waals surface area (Å²) in [5.74, 6) is -2.34. The van der Waals surface area contributed by atoms with E-state index in [1.54, 1.807) is 0 Å². The Hall–Kier alpha value is -2.36. The second kappa shape index (κ2) is 9.02. The molecule has 31 heavy (non-hydrogen) atoms. The van der Waals surface area contributed by atoms with Crippen LogP contribution in [0.25, 0.3) is 0 Å². The van der Waals surface area contributed by atoms with E-state index in [-0.39, 0.29) is 23.9 Å². The molecule has 0 unspecified atom stereocenters. The maximum Gasteiger partial charge on any atom is 0.243 e. The fourth-order valence-electron chi connectivity index (χ4n) is 4.11. The highest BCUT2D eigenvalue weighted by Crippen LogP contribution is 2.25. The van der Waals surface area contributed by atoms with Crippen LogP contribution in [0.1, 0.15) is 24.0 Å². The number of nitrogens with zero attached hydrogens (tertiary/aromatic N) is 2. The van der Waals surface area contributed by atoms with Crippen molar-refractivity contribution in [1.82, 2.24) is 9.21 Å². The number of aryl methyl sites for hydroxylation is 2. The molecule has 1 heterocycles. The Kier molecular flexibility index (Phi) is 6.36. The number of rotatable bonds is 6. The number of nitrogens with one attached hydrogen (secondary N) is 1. The Bertz CT molecular complexity index is 1080. The Morgan fingerprint density at radius 1 is 0.935 bits per heavy atom. The first kappa shape index (κ1) is 21.9. The van der Waals surface area contributed by atoms with Crippen LogP contribution in [0, 0.1) is 11.6 Å². The van der Waals surface area contributed by atoms with Crippen molar-refractivity contribution in [2.75, 3.05) is 38.0 Å². The SMILES string of the molecule is O=C(CCN1CCN(S(=O)(=O)c2ccc(F)c(F)c2)CC1)Nc1ccc2c(c1)CCC2. The number of fused-ring (bicyclic) bond motifs is 1. The number of hydrogen-bond acceptors (Lipinski definition) is 4. The van der Waals surface area contributed by atoms with Gasteiger partial charge in [0.2, 0.25) is 15.9 Å². The molecule has 4 rings (SSSR count). The summed E-state index contributed by atoms with van der Waals surface area (Å²) in [6.45, 7) is 1.92. The maximum atomic E-state index is 13.4. The Morgan fingerprint density at radius 2 is 1.68 bits per heavy atom. The summed E-state index contributed by atoms with van der Waals surface area (Å²) in [5, 5.41) is 2.94. The molecule has 1 amide bonds. The molecule has 6 nitrogen and oxygen atoms in total. The average molecular weight is 450 g/mol. The molecule has 1 aliphatic heterocycles. The van der Waals surface area contributed by atoms with E-state index in [1.807, 2.05) is 17.0 Å². The van der Waals surface area contributed by atoms with E-state index in [4.69, 9.17) is 0 Å². The van der Waals surface area contributed by atoms with Gasteiger partial charge in [0.25, 0.3) is 0 Å². The van der Waals surface area contributed by atoms with Crippen molar-refractivity contribution in [2.24, 2.45) is 0 Å². The highest BCUT2D eigenvalue weighted by Gasteiger charge is 2.29. The molecule has 1 saturated heterocycles. The Morgan fingerprint density at radius 3 is 2.42 bits per heavy atom. The molecular formula is C22H25F2N3O3S. The summed E-state index contributed by atoms with van der Waals surface area (Å²) < 4.78 is 53.1. The van der Waals surface area contributed by atoms with Gasteiger partial charge in [-0.2, -0.15) is 4.31 Å². The third-order valence-electron chi connectivity index (χ3n) is 5.90. The topological polar surface area (TPSA) is 69.7 Å². The lowest BCUT2D eigenvalue weighted by atomic mass is 10.1. The number of carbonyl (C=O) groups excluding carboxylic acids is 1. The molecule has 0 aromatic heterocycles. The minimum atomic E-state index is -3.88. The van der Waals surface area contributed by atoms with Crippen LogP contribution in [0.15, 0.2) is 41.3 Å². The maximum absolute atomic E-state index is 13.4. The summed E-state index contributed by atoms with van der Waals surface area (Å²) in [6.07, 6.45) is 3.62. The van der Waals surface area contributed by atoms with Gasteiger partial charge >= 0.3 is 0 Å². The van der Waals surface area contributed by atoms with Crippen LogP contribution in [-0.2, 0) is 27.7 Å². The van der Waals surface area contributed by atoms with E-state index in [0.29, 0.717) is 32.1 Å². The van der Waals surface area contributed by atoms with E-state index >= 15 is 0 Å². The molecule has 2 aromatic carbocycles. The van der Waals surface area contributed by atoms with Gasteiger partial charge in [-0.1, -0.05) is 6.07 Å². The van der Waals surface area contributed by atoms with Gasteiger partial charge in [0, 0.05) is 44.8 Å². The van der Waals surface area contributed by atoms with Gasteiger partial charge < -0.3 is 10.2 Å². The summed E-state index contributed by atoms with van der Waals surface area (Å²) >= 11 is 0. The van der Waals surface area contributed by atoms with Crippen molar-refractivity contribution >= 4 is 21.6 Å². The van der Waals surface area contributed by atoms with Gasteiger partial charge in [-0.05, 0) is 60.7 Å². The van der Waals surface area contributed by atoms with Gasteiger partial charge in [-0.15, -0.1) is 0 Å². The summed E-state index contributed by atoms with van der Waals surface area (Å²) in [4.78, 5) is 14.1. The Balaban J connectivity index is 1.26. The summed E-state index contributed by atoms with van der Waals surface area (Å²) in [5.41, 5.74) is 3.47. The number of benzene rings is 2. The number of halogens is 2. The summed E-state index contributed by atoms with van der Waals surface area (Å²) in [6, 6.07) is 8.65. The number of hydrogen-bond donors (Lipinski definition) is 1. The third-order valence-corrected chi connectivity index (χ3v) is 7.79. The summed E-state index contributed by atoms with van der Waals surface area (Å²) in [7, 11) is -3.88. The molecular weight excluding hydrogens is 424 g/mol. The molecule has 9 heteroatoms. The molecule has 0 atom stereocenters. The van der Waals surface area contributed by atoms with Gasteiger partial charge in [-0.25, -0.2) is 17.2 Å². The van der Waals surface area contributed by atoms with Crippen molar-refractivity contribution in [1.29, 1.82) is 0 Å². The second-order valence-corrected chi connectivity index (χ2v) is 9.89. The van der Waals surface area contributed by atoms with Crippen molar-refractivity contribution in [3.05, 3.63) is 59.2 Å². The quantitative estimate of drug-likeness (QED) is 0.736. The standard InChI is InChI=1S/C22H25F2N3O3S/c23-20-7-6-19(15-21(20)24)31(29,30)27-12-10-26(11-13-27)9-8-22(28)25-18-5-4-16-2-1-3-17(16)14-18/h4-7,14-15H,1-3,8-13H2,(H,25,28). The predicted octanol–water partition coefficient (Wildman–Crippen LogP) is 2.79. The van der Waals surface area contributed by atoms with Crippen molar-refractivity contribution < 1.29 is 22.0 Å². The van der Waals surface area contributed by atoms with Gasteiger partial charge in [0.1, 0.15) is 0 Å². The zero-order valence-electron chi connectivity index (χ0n) is 17.1. The predicted molar refractivity (Wildman–Crippen MR) is 113 cm³/mol. The molecule has 0 bridgehead atoms. The number of piperazine rings is 1. The zero-order valence-corrected chi connectivity index (χ0v) is 17.9. The van der Waals surface area contributed by atoms with E-state index in [2.05, 4.69) is 11.4 Å². The van der Waals surface area contributed by atoms with Crippen LogP contribution in [-0.4, -0.2) is 56.3 Å². The molecule has 0 radical (unpaired) electrons. The largest absolute Gasteiger partial charge is 0.326 e. The van der Waals surface area contributed by atoms with Crippen molar-refractivity contribution in [3.8, 4) is 0 Å². The average Bonchev–Trinajstić information content (AvgIpc) is 3.22. The van der Waals surface area contributed by atoms with Crippen molar-refractivity contribution in [2.45, 2.75) is 30.6 Å². The third kappa shape index (κ3) is 4.94. The van der Waals surface area contributed by atoms with Gasteiger partial charge in [0.05, 0.1) is 4.90 Å². The number of amides is 1. The fourth-order valence-corrected chi connectivity index (χ4v) is 5.55. The van der Waals surface area contributed by atoms with Gasteiger partial charge in [-0.3, -0.25) is 4.79 Å². The smallest absolute Gasteiger partial charge is 0.243 e. The lowest BCUT2D eigenvalue weighted by Gasteiger charge is -2.33. The highest BCUT2D eigenvalue weighted by molar-refractivity contribution is 7.89. The normalized spacial score (nSPS) is 17.5. The lowest BCUT2D eigenvalue weighted by molar-refractivity contribution is -0.116. The van der Waals surface area contributed by atoms with Crippen LogP contribution in [0.5, 0.6) is 0 Å². The monoisotopic (exact) mass is 449 g/mol. The van der Waals surface area contributed by atoms with E-state index in [9.17, 15) is 22.0 Å². The van der Waals surface area contributed by atoms with E-state index in [1.165, 1.54) is 15.4 Å². The highest BCUT2D eigenvalue weighted by atomic mass is 32.2. The molecule has 1 fully saturated rings. The van der Waals surface area contributed by atoms with Crippen molar-refractivity contribution in [3.63, 3.8) is 0 Å². The first-order valence-corrected chi connectivity index (χ1v) is 11.9. The number of sulfonamides is 1. The molecule has 1 aliphatic carbocycles. The van der Waals surface area contributed by atoms with E-state index in [0.717, 1.165) is 37.1 Å². The van der Waals surface area contributed by atoms with Crippen LogP contribution in [0.2, 0.25) is 0 Å². The molecule has 1 N–H and O–H groups in total. The minimum Gasteiger partial charge on any atom is -0.326 e. The molecule has 2 aromatic rings. The fraction of sp³-hybridized carbons (Fsp3) is 0.409. The zero-order chi connectivity index (χ0) is 22.0. The first-order valence-electron chi connectivity index (χ1n) is 10.4. The number of anilines is 1. The first-order chi connectivity index (χ1) is 14.8. The second-order valence-electron chi connectivity index (χ2n) is 7.96. The van der Waals surface area contributed by atoms with Gasteiger partial charge in [0.15, 0.2) is 11.6 Å². The lowest BCUT2D eigenvalue weighted by Crippen LogP contribution is -2.49. The van der Waals surface area contributed by atoms with Crippen LogP contribution < -0.4 is 5.32 Å². The number of carbonyl (C=O) groups is 1. The molecule has 0 spiro atoms. The molecule has 166 valence electrons.